The van der Waals surface area contributed by atoms with Crippen LogP contribution in [-0.2, 0) is 4.79 Å². The van der Waals surface area contributed by atoms with Gasteiger partial charge in [-0.25, -0.2) is 9.59 Å². The van der Waals surface area contributed by atoms with Crippen molar-refractivity contribution in [1.29, 1.82) is 0 Å². The lowest BCUT2D eigenvalue weighted by Crippen LogP contribution is -2.44. The Bertz CT molecular complexity index is 839. The number of fused-ring (bicyclic) bond motifs is 1. The Morgan fingerprint density at radius 3 is 2.52 bits per heavy atom. The average Bonchev–Trinajstić information content (AvgIpc) is 2.50. The third-order valence-electron chi connectivity index (χ3n) is 3.41. The molecule has 0 aliphatic carbocycles. The van der Waals surface area contributed by atoms with Crippen LogP contribution in [0.1, 0.15) is 39.2 Å². The Morgan fingerprint density at radius 1 is 1.16 bits per heavy atom. The predicted molar refractivity (Wildman–Crippen MR) is 93.9 cm³/mol. The van der Waals surface area contributed by atoms with Crippen molar-refractivity contribution in [3.8, 4) is 5.75 Å². The Kier molecular flexibility index (Phi) is 5.80. The Hall–Kier alpha value is -2.83. The van der Waals surface area contributed by atoms with Gasteiger partial charge in [-0.2, -0.15) is 0 Å². The van der Waals surface area contributed by atoms with E-state index in [-0.39, 0.29) is 18.6 Å². The van der Waals surface area contributed by atoms with E-state index >= 15 is 0 Å². The second-order valence-electron chi connectivity index (χ2n) is 6.30. The number of hydrogen-bond donors (Lipinski definition) is 2. The van der Waals surface area contributed by atoms with Crippen LogP contribution in [0.15, 0.2) is 33.5 Å². The molecule has 2 N–H and O–H groups in total. The van der Waals surface area contributed by atoms with Crippen LogP contribution in [0.25, 0.3) is 11.0 Å². The van der Waals surface area contributed by atoms with E-state index in [0.717, 1.165) is 10.9 Å². The molecule has 0 unspecified atom stereocenters. The van der Waals surface area contributed by atoms with Crippen molar-refractivity contribution in [1.82, 2.24) is 10.6 Å². The van der Waals surface area contributed by atoms with E-state index in [1.54, 1.807) is 32.0 Å². The van der Waals surface area contributed by atoms with Crippen LogP contribution in [0.5, 0.6) is 5.75 Å². The monoisotopic (exact) mass is 346 g/mol. The first-order valence-corrected chi connectivity index (χ1v) is 8.07. The van der Waals surface area contributed by atoms with Gasteiger partial charge in [0.1, 0.15) is 11.3 Å². The molecule has 1 heterocycles. The lowest BCUT2D eigenvalue weighted by molar-refractivity contribution is -0.122. The van der Waals surface area contributed by atoms with Crippen LogP contribution in [0.3, 0.4) is 0 Å². The smallest absolute Gasteiger partial charge is 0.336 e. The maximum absolute atomic E-state index is 11.7. The molecule has 1 aromatic heterocycles. The summed E-state index contributed by atoms with van der Waals surface area (Å²) in [4.78, 5) is 34.8. The maximum Gasteiger partial charge on any atom is 0.336 e. The number of urea groups is 1. The van der Waals surface area contributed by atoms with Crippen LogP contribution in [-0.4, -0.2) is 24.6 Å². The van der Waals surface area contributed by atoms with Gasteiger partial charge in [-0.15, -0.1) is 0 Å². The van der Waals surface area contributed by atoms with Crippen molar-refractivity contribution < 1.29 is 18.7 Å². The van der Waals surface area contributed by atoms with E-state index in [0.29, 0.717) is 11.3 Å². The quantitative estimate of drug-likeness (QED) is 0.811. The van der Waals surface area contributed by atoms with E-state index < -0.39 is 17.6 Å². The number of imide groups is 1. The summed E-state index contributed by atoms with van der Waals surface area (Å²) in [5.74, 6) is -0.0322. The third-order valence-corrected chi connectivity index (χ3v) is 3.41. The zero-order valence-corrected chi connectivity index (χ0v) is 14.7. The van der Waals surface area contributed by atoms with Gasteiger partial charge in [0.15, 0.2) is 6.61 Å². The SMILES string of the molecule is CC(C)NC(=O)NC(=O)COc1ccc2c(C(C)C)cc(=O)oc2c1. The molecule has 0 bridgehead atoms. The molecule has 0 aliphatic heterocycles. The molecule has 0 saturated carbocycles. The topological polar surface area (TPSA) is 97.6 Å². The fraction of sp³-hybridized carbons (Fsp3) is 0.389. The predicted octanol–water partition coefficient (Wildman–Crippen LogP) is 2.53. The van der Waals surface area contributed by atoms with Crippen LogP contribution in [0.2, 0.25) is 0 Å². The molecular weight excluding hydrogens is 324 g/mol. The molecule has 0 fully saturated rings. The highest BCUT2D eigenvalue weighted by atomic mass is 16.5. The van der Waals surface area contributed by atoms with Crippen molar-refractivity contribution in [2.24, 2.45) is 0 Å². The standard InChI is InChI=1S/C18H22N2O5/c1-10(2)14-8-17(22)25-15-7-12(5-6-13(14)15)24-9-16(21)20-18(23)19-11(3)4/h5-8,10-11H,9H2,1-4H3,(H2,19,20,21,23). The molecule has 0 spiro atoms. The number of ether oxygens (including phenoxy) is 1. The summed E-state index contributed by atoms with van der Waals surface area (Å²) in [6, 6.07) is 5.86. The number of carbonyl (C=O) groups is 2. The normalized spacial score (nSPS) is 11.0. The molecule has 2 rings (SSSR count). The maximum atomic E-state index is 11.7. The van der Waals surface area contributed by atoms with E-state index in [9.17, 15) is 14.4 Å². The van der Waals surface area contributed by atoms with Gasteiger partial charge < -0.3 is 14.5 Å². The van der Waals surface area contributed by atoms with Crippen LogP contribution < -0.4 is 21.0 Å². The minimum Gasteiger partial charge on any atom is -0.484 e. The number of hydrogen-bond acceptors (Lipinski definition) is 5. The van der Waals surface area contributed by atoms with Gasteiger partial charge in [0.25, 0.3) is 5.91 Å². The highest BCUT2D eigenvalue weighted by Gasteiger charge is 2.12. The molecular formula is C18H22N2O5. The highest BCUT2D eigenvalue weighted by molar-refractivity contribution is 5.95. The summed E-state index contributed by atoms with van der Waals surface area (Å²) < 4.78 is 10.6. The molecule has 3 amide bonds. The summed E-state index contributed by atoms with van der Waals surface area (Å²) in [5.41, 5.74) is 0.851. The van der Waals surface area contributed by atoms with E-state index in [1.807, 2.05) is 13.8 Å². The third kappa shape index (κ3) is 5.07. The van der Waals surface area contributed by atoms with Crippen molar-refractivity contribution in [2.45, 2.75) is 39.7 Å². The van der Waals surface area contributed by atoms with Gasteiger partial charge in [-0.05, 0) is 37.5 Å². The van der Waals surface area contributed by atoms with Crippen molar-refractivity contribution in [3.63, 3.8) is 0 Å². The summed E-state index contributed by atoms with van der Waals surface area (Å²) in [5, 5.41) is 5.53. The van der Waals surface area contributed by atoms with E-state index in [4.69, 9.17) is 9.15 Å². The second-order valence-corrected chi connectivity index (χ2v) is 6.30. The average molecular weight is 346 g/mol. The first-order chi connectivity index (χ1) is 11.8. The molecule has 2 aromatic rings. The number of rotatable bonds is 5. The van der Waals surface area contributed by atoms with Gasteiger partial charge >= 0.3 is 11.7 Å². The zero-order valence-electron chi connectivity index (χ0n) is 14.7. The molecule has 0 radical (unpaired) electrons. The number of nitrogens with one attached hydrogen (secondary N) is 2. The minimum absolute atomic E-state index is 0.0766. The Morgan fingerprint density at radius 2 is 1.88 bits per heavy atom. The Labute approximate surface area is 145 Å². The molecule has 134 valence electrons. The van der Waals surface area contributed by atoms with Gasteiger partial charge in [0.05, 0.1) is 0 Å². The molecule has 0 aliphatic rings. The lowest BCUT2D eigenvalue weighted by Gasteiger charge is -2.11. The van der Waals surface area contributed by atoms with Crippen LogP contribution in [0, 0.1) is 0 Å². The highest BCUT2D eigenvalue weighted by Crippen LogP contribution is 2.26. The van der Waals surface area contributed by atoms with E-state index in [2.05, 4.69) is 10.6 Å². The number of benzene rings is 1. The summed E-state index contributed by atoms with van der Waals surface area (Å²) in [6.07, 6.45) is 0. The summed E-state index contributed by atoms with van der Waals surface area (Å²) >= 11 is 0. The van der Waals surface area contributed by atoms with Gasteiger partial charge in [0.2, 0.25) is 0 Å². The summed E-state index contributed by atoms with van der Waals surface area (Å²) in [6.45, 7) is 7.23. The van der Waals surface area contributed by atoms with Crippen molar-refractivity contribution in [3.05, 3.63) is 40.2 Å². The molecule has 25 heavy (non-hydrogen) atoms. The molecule has 0 saturated heterocycles. The minimum atomic E-state index is -0.574. The fourth-order valence-electron chi connectivity index (χ4n) is 2.35. The second kappa shape index (κ2) is 7.83. The lowest BCUT2D eigenvalue weighted by atomic mass is 10.00. The Balaban J connectivity index is 2.08. The van der Waals surface area contributed by atoms with Gasteiger partial charge in [-0.1, -0.05) is 13.8 Å². The fourth-order valence-corrected chi connectivity index (χ4v) is 2.35. The first kappa shape index (κ1) is 18.5. The molecule has 7 heteroatoms. The van der Waals surface area contributed by atoms with Crippen LogP contribution >= 0.6 is 0 Å². The number of amides is 3. The summed E-state index contributed by atoms with van der Waals surface area (Å²) in [7, 11) is 0. The molecule has 0 atom stereocenters. The van der Waals surface area contributed by atoms with Crippen LogP contribution in [0.4, 0.5) is 4.79 Å². The van der Waals surface area contributed by atoms with Crippen molar-refractivity contribution >= 4 is 22.9 Å². The first-order valence-electron chi connectivity index (χ1n) is 8.07. The van der Waals surface area contributed by atoms with Gasteiger partial charge in [-0.3, -0.25) is 10.1 Å². The molecule has 1 aromatic carbocycles. The zero-order chi connectivity index (χ0) is 18.6. The van der Waals surface area contributed by atoms with E-state index in [1.165, 1.54) is 6.07 Å². The van der Waals surface area contributed by atoms with Crippen molar-refractivity contribution in [2.75, 3.05) is 6.61 Å². The molecule has 7 nitrogen and oxygen atoms in total. The van der Waals surface area contributed by atoms with Gasteiger partial charge in [0, 0.05) is 23.6 Å². The number of carbonyl (C=O) groups excluding carboxylic acids is 2. The largest absolute Gasteiger partial charge is 0.484 e.